The molecule has 22 nitrogen and oxygen atoms in total. The standard InChI is InChI=1S/C10H13N5O4.C9H12N2O6.C5H5N5/c11-8-5-9(13-2-12-8)15(3-14-5)10-7(18)6(17)4(1-16)19-10;12-3-4-6(14)7(15)8(17-4)11-2-1-5(13)10-9(11)16;6-4-3-5(9-1-7-3)10-2-8-4/h2-4,6-7,10,16-18H,1H2,(H2,11,12,13);1-2,4,6-8,12,14-15H,3H2,(H,10,13,16);1-2H,(H3,6,7,8,9,10)/t4-,6-,7-,10-;4-,6-,7-,8-;/m11./s1. The topological polar surface area (TPSA) is 345 Å². The zero-order valence-electron chi connectivity index (χ0n) is 23.5. The smallest absolute Gasteiger partial charge is 0.330 e. The van der Waals surface area contributed by atoms with Crippen molar-refractivity contribution in [3.63, 3.8) is 0 Å². The van der Waals surface area contributed by atoms with Gasteiger partial charge in [0.1, 0.15) is 60.3 Å². The number of nitrogens with two attached hydrogens (primary N) is 2. The highest BCUT2D eigenvalue weighted by atomic mass is 16.6. The lowest BCUT2D eigenvalue weighted by Gasteiger charge is -2.16. The van der Waals surface area contributed by atoms with Crippen molar-refractivity contribution in [2.75, 3.05) is 24.7 Å². The molecular formula is C24H30N12O10. The Bertz CT molecular complexity index is 1890. The number of aliphatic hydroxyl groups is 6. The number of nitrogen functional groups attached to an aromatic ring is 2. The molecule has 0 aromatic carbocycles. The number of ether oxygens (including phenoxy) is 2. The van der Waals surface area contributed by atoms with Crippen LogP contribution in [0.3, 0.4) is 0 Å². The number of hydrogen-bond acceptors (Lipinski definition) is 18. The van der Waals surface area contributed by atoms with Gasteiger partial charge in [0.2, 0.25) is 0 Å². The van der Waals surface area contributed by atoms with Gasteiger partial charge in [-0.3, -0.25) is 18.9 Å². The molecule has 5 aromatic rings. The number of imidazole rings is 2. The predicted octanol–water partition coefficient (Wildman–Crippen LogP) is -4.90. The van der Waals surface area contributed by atoms with Crippen LogP contribution < -0.4 is 22.7 Å². The van der Waals surface area contributed by atoms with Gasteiger partial charge in [0, 0.05) is 12.3 Å². The van der Waals surface area contributed by atoms with Crippen LogP contribution in [0.2, 0.25) is 0 Å². The van der Waals surface area contributed by atoms with E-state index in [1.165, 1.54) is 29.9 Å². The molecule has 246 valence electrons. The van der Waals surface area contributed by atoms with Gasteiger partial charge < -0.3 is 56.6 Å². The van der Waals surface area contributed by atoms with E-state index in [9.17, 15) is 30.0 Å². The number of rotatable bonds is 4. The molecule has 0 bridgehead atoms. The van der Waals surface area contributed by atoms with Crippen molar-refractivity contribution in [1.82, 2.24) is 49.0 Å². The van der Waals surface area contributed by atoms with Crippen molar-refractivity contribution in [1.29, 1.82) is 0 Å². The number of nitrogens with zero attached hydrogens (tertiary/aromatic N) is 8. The monoisotopic (exact) mass is 646 g/mol. The Labute approximate surface area is 255 Å². The van der Waals surface area contributed by atoms with E-state index in [4.69, 9.17) is 31.2 Å². The van der Waals surface area contributed by atoms with Crippen LogP contribution >= 0.6 is 0 Å². The van der Waals surface area contributed by atoms with Gasteiger partial charge in [0.25, 0.3) is 5.56 Å². The fraction of sp³-hybridized carbons (Fsp3) is 0.417. The first kappa shape index (κ1) is 32.5. The van der Waals surface area contributed by atoms with E-state index in [1.807, 2.05) is 4.98 Å². The number of H-pyrrole nitrogens is 2. The van der Waals surface area contributed by atoms with Gasteiger partial charge in [0.05, 0.1) is 25.9 Å². The zero-order chi connectivity index (χ0) is 33.1. The summed E-state index contributed by atoms with van der Waals surface area (Å²) in [7, 11) is 0. The first-order valence-electron chi connectivity index (χ1n) is 13.4. The van der Waals surface area contributed by atoms with Gasteiger partial charge in [-0.05, 0) is 0 Å². The third kappa shape index (κ3) is 6.26. The number of aromatic nitrogens is 10. The Morgan fingerprint density at radius 1 is 0.783 bits per heavy atom. The van der Waals surface area contributed by atoms with Crippen molar-refractivity contribution in [2.45, 2.75) is 49.1 Å². The quantitative estimate of drug-likeness (QED) is 0.0874. The number of fused-ring (bicyclic) bond motifs is 2. The second-order valence-electron chi connectivity index (χ2n) is 9.92. The number of aliphatic hydroxyl groups excluding tert-OH is 6. The molecule has 0 amide bonds. The summed E-state index contributed by atoms with van der Waals surface area (Å²) in [6.07, 6.45) is -2.08. The minimum Gasteiger partial charge on any atom is -0.394 e. The Hall–Kier alpha value is -4.94. The highest BCUT2D eigenvalue weighted by Gasteiger charge is 2.44. The molecule has 2 fully saturated rings. The van der Waals surface area contributed by atoms with Crippen molar-refractivity contribution < 1.29 is 40.1 Å². The molecule has 0 unspecified atom stereocenters. The molecule has 7 heterocycles. The van der Waals surface area contributed by atoms with E-state index in [2.05, 4.69) is 34.9 Å². The molecule has 0 aliphatic carbocycles. The molecule has 0 radical (unpaired) electrons. The Morgan fingerprint density at radius 3 is 1.98 bits per heavy atom. The highest BCUT2D eigenvalue weighted by molar-refractivity contribution is 5.81. The predicted molar refractivity (Wildman–Crippen MR) is 153 cm³/mol. The normalized spacial score (nSPS) is 27.3. The number of aromatic amines is 2. The fourth-order valence-corrected chi connectivity index (χ4v) is 4.69. The van der Waals surface area contributed by atoms with E-state index < -0.39 is 73.5 Å². The molecule has 2 aliphatic heterocycles. The summed E-state index contributed by atoms with van der Waals surface area (Å²) in [6.45, 7) is -0.870. The third-order valence-electron chi connectivity index (χ3n) is 7.07. The SMILES string of the molecule is Nc1ncnc2c1ncn2[C@@H]1O[C@H](CO)[C@@H](O)[C@H]1O.Nc1ncnc2nc[nH]c12.O=c1ccn([C@@H]2O[C@H](CO)[C@@H](O)[C@H]2O)c(=O)[nH]1. The molecule has 0 spiro atoms. The van der Waals surface area contributed by atoms with Crippen LogP contribution in [0.15, 0.2) is 47.2 Å². The molecule has 0 saturated carbocycles. The first-order valence-corrected chi connectivity index (χ1v) is 13.4. The van der Waals surface area contributed by atoms with Crippen molar-refractivity contribution >= 4 is 34.0 Å². The number of anilines is 2. The van der Waals surface area contributed by atoms with Crippen LogP contribution in [0.25, 0.3) is 22.3 Å². The number of hydrogen-bond donors (Lipinski definition) is 10. The van der Waals surface area contributed by atoms with Gasteiger partial charge in [-0.25, -0.2) is 34.7 Å². The molecular weight excluding hydrogens is 616 g/mol. The summed E-state index contributed by atoms with van der Waals surface area (Å²) < 4.78 is 12.9. The summed E-state index contributed by atoms with van der Waals surface area (Å²) in [4.78, 5) is 50.6. The average molecular weight is 647 g/mol. The summed E-state index contributed by atoms with van der Waals surface area (Å²) in [6, 6.07) is 1.09. The van der Waals surface area contributed by atoms with Crippen LogP contribution in [-0.2, 0) is 9.47 Å². The van der Waals surface area contributed by atoms with Crippen LogP contribution in [0.4, 0.5) is 11.6 Å². The zero-order valence-corrected chi connectivity index (χ0v) is 23.5. The van der Waals surface area contributed by atoms with Gasteiger partial charge in [-0.2, -0.15) is 0 Å². The largest absolute Gasteiger partial charge is 0.394 e. The van der Waals surface area contributed by atoms with Gasteiger partial charge in [-0.1, -0.05) is 0 Å². The van der Waals surface area contributed by atoms with Crippen LogP contribution in [0.5, 0.6) is 0 Å². The first-order chi connectivity index (χ1) is 22.0. The Balaban J connectivity index is 0.000000142. The van der Waals surface area contributed by atoms with Crippen LogP contribution in [0.1, 0.15) is 12.5 Å². The maximum absolute atomic E-state index is 11.4. The van der Waals surface area contributed by atoms with Crippen LogP contribution in [-0.4, -0.2) is 129 Å². The fourth-order valence-electron chi connectivity index (χ4n) is 4.69. The summed E-state index contributed by atoms with van der Waals surface area (Å²) in [5.41, 5.74) is 11.9. The lowest BCUT2D eigenvalue weighted by atomic mass is 10.1. The van der Waals surface area contributed by atoms with Gasteiger partial charge in [0.15, 0.2) is 35.4 Å². The Morgan fingerprint density at radius 2 is 1.39 bits per heavy atom. The molecule has 22 heteroatoms. The lowest BCUT2D eigenvalue weighted by Crippen LogP contribution is -2.37. The average Bonchev–Trinajstić information content (AvgIpc) is 3.82. The van der Waals surface area contributed by atoms with Gasteiger partial charge in [-0.15, -0.1) is 0 Å². The summed E-state index contributed by atoms with van der Waals surface area (Å²) in [5.74, 6) is 0.651. The summed E-state index contributed by atoms with van der Waals surface area (Å²) in [5, 5.41) is 56.8. The van der Waals surface area contributed by atoms with E-state index in [0.29, 0.717) is 28.1 Å². The third-order valence-corrected chi connectivity index (χ3v) is 7.07. The minimum atomic E-state index is -1.35. The lowest BCUT2D eigenvalue weighted by molar-refractivity contribution is -0.0550. The summed E-state index contributed by atoms with van der Waals surface area (Å²) >= 11 is 0. The molecule has 5 aromatic heterocycles. The molecule has 7 rings (SSSR count). The van der Waals surface area contributed by atoms with E-state index in [-0.39, 0.29) is 5.82 Å². The van der Waals surface area contributed by atoms with E-state index >= 15 is 0 Å². The molecule has 12 N–H and O–H groups in total. The molecule has 46 heavy (non-hydrogen) atoms. The number of nitrogens with one attached hydrogen (secondary N) is 2. The maximum atomic E-state index is 11.4. The molecule has 8 atom stereocenters. The van der Waals surface area contributed by atoms with E-state index in [1.54, 1.807) is 0 Å². The maximum Gasteiger partial charge on any atom is 0.330 e. The van der Waals surface area contributed by atoms with Crippen molar-refractivity contribution in [3.8, 4) is 0 Å². The van der Waals surface area contributed by atoms with Crippen molar-refractivity contribution in [2.24, 2.45) is 0 Å². The van der Waals surface area contributed by atoms with Gasteiger partial charge >= 0.3 is 5.69 Å². The molecule has 2 aliphatic rings. The second kappa shape index (κ2) is 13.6. The minimum absolute atomic E-state index is 0.218. The Kier molecular flexibility index (Phi) is 9.59. The van der Waals surface area contributed by atoms with E-state index in [0.717, 1.165) is 16.8 Å². The van der Waals surface area contributed by atoms with Crippen LogP contribution in [0, 0.1) is 0 Å². The highest BCUT2D eigenvalue weighted by Crippen LogP contribution is 2.31. The molecule has 2 saturated heterocycles. The second-order valence-corrected chi connectivity index (χ2v) is 9.92. The van der Waals surface area contributed by atoms with Crippen molar-refractivity contribution in [3.05, 3.63) is 58.4 Å².